The SMILES string of the molecule is COC(=O)NCCNC(=O)c1cc(OC)c(OC)c(OC)c1. The number of rotatable bonds is 7. The van der Waals surface area contributed by atoms with E-state index in [1.165, 1.54) is 28.4 Å². The summed E-state index contributed by atoms with van der Waals surface area (Å²) in [5.74, 6) is 0.860. The van der Waals surface area contributed by atoms with Gasteiger partial charge in [0.1, 0.15) is 0 Å². The van der Waals surface area contributed by atoms with Crippen LogP contribution < -0.4 is 24.8 Å². The number of alkyl carbamates (subject to hydrolysis) is 1. The van der Waals surface area contributed by atoms with Gasteiger partial charge in [0.25, 0.3) is 5.91 Å². The van der Waals surface area contributed by atoms with Gasteiger partial charge in [0, 0.05) is 18.7 Å². The molecule has 8 heteroatoms. The van der Waals surface area contributed by atoms with Crippen molar-refractivity contribution in [3.05, 3.63) is 17.7 Å². The number of carbonyl (C=O) groups excluding carboxylic acids is 2. The maximum Gasteiger partial charge on any atom is 0.406 e. The Morgan fingerprint density at radius 1 is 0.909 bits per heavy atom. The Labute approximate surface area is 128 Å². The van der Waals surface area contributed by atoms with Crippen LogP contribution in [0.25, 0.3) is 0 Å². The molecule has 0 aliphatic rings. The predicted molar refractivity (Wildman–Crippen MR) is 78.8 cm³/mol. The second kappa shape index (κ2) is 8.60. The molecular weight excluding hydrogens is 292 g/mol. The van der Waals surface area contributed by atoms with Gasteiger partial charge in [-0.1, -0.05) is 0 Å². The highest BCUT2D eigenvalue weighted by molar-refractivity contribution is 5.95. The molecule has 0 fully saturated rings. The number of ether oxygens (including phenoxy) is 4. The van der Waals surface area contributed by atoms with Gasteiger partial charge in [0.15, 0.2) is 11.5 Å². The molecule has 0 unspecified atom stereocenters. The second-order valence-electron chi connectivity index (χ2n) is 4.09. The number of amides is 2. The van der Waals surface area contributed by atoms with Crippen LogP contribution in [0.4, 0.5) is 4.79 Å². The van der Waals surface area contributed by atoms with Crippen LogP contribution in [0.5, 0.6) is 17.2 Å². The van der Waals surface area contributed by atoms with Crippen molar-refractivity contribution in [2.24, 2.45) is 0 Å². The molecule has 0 bridgehead atoms. The lowest BCUT2D eigenvalue weighted by molar-refractivity contribution is 0.0952. The highest BCUT2D eigenvalue weighted by atomic mass is 16.5. The third kappa shape index (κ3) is 4.44. The van der Waals surface area contributed by atoms with Gasteiger partial charge in [0.2, 0.25) is 5.75 Å². The maximum absolute atomic E-state index is 12.1. The van der Waals surface area contributed by atoms with Crippen LogP contribution in [0.2, 0.25) is 0 Å². The second-order valence-corrected chi connectivity index (χ2v) is 4.09. The highest BCUT2D eigenvalue weighted by Gasteiger charge is 2.16. The Hall–Kier alpha value is -2.64. The quantitative estimate of drug-likeness (QED) is 0.723. The van der Waals surface area contributed by atoms with Crippen LogP contribution >= 0.6 is 0 Å². The molecule has 2 N–H and O–H groups in total. The van der Waals surface area contributed by atoms with Crippen molar-refractivity contribution in [2.45, 2.75) is 0 Å². The lowest BCUT2D eigenvalue weighted by Crippen LogP contribution is -2.34. The number of methoxy groups -OCH3 is 4. The van der Waals surface area contributed by atoms with Crippen LogP contribution in [0.1, 0.15) is 10.4 Å². The van der Waals surface area contributed by atoms with E-state index in [4.69, 9.17) is 14.2 Å². The van der Waals surface area contributed by atoms with Gasteiger partial charge >= 0.3 is 6.09 Å². The van der Waals surface area contributed by atoms with E-state index in [1.807, 2.05) is 0 Å². The molecule has 1 aromatic rings. The molecule has 0 heterocycles. The molecule has 122 valence electrons. The minimum atomic E-state index is -0.554. The Morgan fingerprint density at radius 2 is 1.45 bits per heavy atom. The Kier molecular flexibility index (Phi) is 6.81. The summed E-state index contributed by atoms with van der Waals surface area (Å²) in [6.45, 7) is 0.507. The molecule has 0 spiro atoms. The van der Waals surface area contributed by atoms with E-state index < -0.39 is 6.09 Å². The van der Waals surface area contributed by atoms with E-state index in [0.717, 1.165) is 0 Å². The molecule has 8 nitrogen and oxygen atoms in total. The highest BCUT2D eigenvalue weighted by Crippen LogP contribution is 2.38. The van der Waals surface area contributed by atoms with Crippen molar-refractivity contribution in [3.8, 4) is 17.2 Å². The number of carbonyl (C=O) groups is 2. The van der Waals surface area contributed by atoms with E-state index in [1.54, 1.807) is 12.1 Å². The summed E-state index contributed by atoms with van der Waals surface area (Å²) < 4.78 is 20.0. The van der Waals surface area contributed by atoms with Crippen molar-refractivity contribution in [1.29, 1.82) is 0 Å². The number of hydrogen-bond acceptors (Lipinski definition) is 6. The van der Waals surface area contributed by atoms with Crippen molar-refractivity contribution < 1.29 is 28.5 Å². The fourth-order valence-electron chi connectivity index (χ4n) is 1.73. The largest absolute Gasteiger partial charge is 0.493 e. The van der Waals surface area contributed by atoms with Crippen molar-refractivity contribution >= 4 is 12.0 Å². The van der Waals surface area contributed by atoms with E-state index in [2.05, 4.69) is 15.4 Å². The first-order valence-electron chi connectivity index (χ1n) is 6.47. The van der Waals surface area contributed by atoms with E-state index in [9.17, 15) is 9.59 Å². The summed E-state index contributed by atoms with van der Waals surface area (Å²) in [5, 5.41) is 5.11. The van der Waals surface area contributed by atoms with Gasteiger partial charge in [0.05, 0.1) is 28.4 Å². The molecule has 0 aliphatic carbocycles. The predicted octanol–water partition coefficient (Wildman–Crippen LogP) is 0.798. The van der Waals surface area contributed by atoms with Gasteiger partial charge in [-0.2, -0.15) is 0 Å². The smallest absolute Gasteiger partial charge is 0.406 e. The molecule has 0 atom stereocenters. The fourth-order valence-corrected chi connectivity index (χ4v) is 1.73. The maximum atomic E-state index is 12.1. The fraction of sp³-hybridized carbons (Fsp3) is 0.429. The van der Waals surface area contributed by atoms with Crippen LogP contribution in [0, 0.1) is 0 Å². The molecule has 2 amide bonds. The van der Waals surface area contributed by atoms with Gasteiger partial charge in [-0.05, 0) is 12.1 Å². The molecular formula is C14H20N2O6. The van der Waals surface area contributed by atoms with Crippen molar-refractivity contribution in [3.63, 3.8) is 0 Å². The minimum Gasteiger partial charge on any atom is -0.493 e. The standard InChI is InChI=1S/C14H20N2O6/c1-19-10-7-9(8-11(20-2)12(10)21-3)13(17)15-5-6-16-14(18)22-4/h7-8H,5-6H2,1-4H3,(H,15,17)(H,16,18). The third-order valence-corrected chi connectivity index (χ3v) is 2.79. The van der Waals surface area contributed by atoms with E-state index in [-0.39, 0.29) is 19.0 Å². The first-order chi connectivity index (χ1) is 10.6. The zero-order valence-corrected chi connectivity index (χ0v) is 13.0. The Morgan fingerprint density at radius 3 is 1.91 bits per heavy atom. The number of benzene rings is 1. The van der Waals surface area contributed by atoms with Gasteiger partial charge in [-0.25, -0.2) is 4.79 Å². The number of hydrogen-bond donors (Lipinski definition) is 2. The summed E-state index contributed by atoms with van der Waals surface area (Å²) in [6.07, 6.45) is -0.554. The first-order valence-corrected chi connectivity index (χ1v) is 6.47. The first kappa shape index (κ1) is 17.4. The average molecular weight is 312 g/mol. The van der Waals surface area contributed by atoms with E-state index in [0.29, 0.717) is 22.8 Å². The number of nitrogens with one attached hydrogen (secondary N) is 2. The third-order valence-electron chi connectivity index (χ3n) is 2.79. The Balaban J connectivity index is 2.75. The Bertz CT molecular complexity index is 507. The van der Waals surface area contributed by atoms with Crippen molar-refractivity contribution in [1.82, 2.24) is 10.6 Å². The van der Waals surface area contributed by atoms with E-state index >= 15 is 0 Å². The van der Waals surface area contributed by atoms with Gasteiger partial charge < -0.3 is 29.6 Å². The summed E-state index contributed by atoms with van der Waals surface area (Å²) >= 11 is 0. The molecule has 0 aliphatic heterocycles. The summed E-state index contributed by atoms with van der Waals surface area (Å²) in [4.78, 5) is 23.0. The summed E-state index contributed by atoms with van der Waals surface area (Å²) in [6, 6.07) is 3.09. The molecule has 0 saturated carbocycles. The monoisotopic (exact) mass is 312 g/mol. The van der Waals surface area contributed by atoms with Crippen LogP contribution in [0.3, 0.4) is 0 Å². The van der Waals surface area contributed by atoms with Crippen LogP contribution in [0.15, 0.2) is 12.1 Å². The molecule has 1 rings (SSSR count). The molecule has 0 radical (unpaired) electrons. The summed E-state index contributed by atoms with van der Waals surface area (Å²) in [5.41, 5.74) is 0.354. The van der Waals surface area contributed by atoms with Gasteiger partial charge in [-0.3, -0.25) is 4.79 Å². The average Bonchev–Trinajstić information content (AvgIpc) is 2.56. The van der Waals surface area contributed by atoms with Gasteiger partial charge in [-0.15, -0.1) is 0 Å². The van der Waals surface area contributed by atoms with Crippen LogP contribution in [-0.2, 0) is 4.74 Å². The molecule has 0 saturated heterocycles. The van der Waals surface area contributed by atoms with Crippen LogP contribution in [-0.4, -0.2) is 53.5 Å². The summed E-state index contributed by atoms with van der Waals surface area (Å²) in [7, 11) is 5.70. The molecule has 1 aromatic carbocycles. The zero-order valence-electron chi connectivity index (χ0n) is 13.0. The lowest BCUT2D eigenvalue weighted by Gasteiger charge is -2.14. The van der Waals surface area contributed by atoms with Crippen molar-refractivity contribution in [2.75, 3.05) is 41.5 Å². The molecule has 22 heavy (non-hydrogen) atoms. The lowest BCUT2D eigenvalue weighted by atomic mass is 10.1. The normalized spacial score (nSPS) is 9.64. The minimum absolute atomic E-state index is 0.253. The molecule has 0 aromatic heterocycles. The topological polar surface area (TPSA) is 95.1 Å². The zero-order chi connectivity index (χ0) is 16.5.